The highest BCUT2D eigenvalue weighted by Crippen LogP contribution is 2.34. The van der Waals surface area contributed by atoms with Gasteiger partial charge in [0.25, 0.3) is 0 Å². The molecule has 0 aromatic heterocycles. The highest BCUT2D eigenvalue weighted by atomic mass is 35.5. The maximum atomic E-state index is 10.8. The first-order valence-corrected chi connectivity index (χ1v) is 4.14. The third-order valence-electron chi connectivity index (χ3n) is 1.49. The van der Waals surface area contributed by atoms with Gasteiger partial charge in [-0.1, -0.05) is 17.2 Å². The molecule has 0 N–H and O–H groups in total. The first-order chi connectivity index (χ1) is 5.24. The lowest BCUT2D eigenvalue weighted by molar-refractivity contribution is -0.142. The molecule has 62 valence electrons. The molecule has 1 rings (SSSR count). The highest BCUT2D eigenvalue weighted by molar-refractivity contribution is 6.31. The van der Waals surface area contributed by atoms with Crippen LogP contribution >= 0.6 is 11.6 Å². The van der Waals surface area contributed by atoms with E-state index in [9.17, 15) is 4.79 Å². The molecule has 1 aliphatic carbocycles. The lowest BCUT2D eigenvalue weighted by Gasteiger charge is -1.98. The third-order valence-corrected chi connectivity index (χ3v) is 1.89. The Kier molecular flexibility index (Phi) is 2.94. The van der Waals surface area contributed by atoms with Gasteiger partial charge in [-0.2, -0.15) is 0 Å². The summed E-state index contributed by atoms with van der Waals surface area (Å²) in [5.41, 5.74) is 1.21. The molecular formula is C8H11ClO2. The van der Waals surface area contributed by atoms with Crippen LogP contribution in [-0.2, 0) is 9.53 Å². The van der Waals surface area contributed by atoms with Crippen molar-refractivity contribution >= 4 is 17.6 Å². The van der Waals surface area contributed by atoms with Gasteiger partial charge in [0.05, 0.1) is 13.0 Å². The predicted molar refractivity (Wildman–Crippen MR) is 43.4 cm³/mol. The number of halogens is 1. The summed E-state index contributed by atoms with van der Waals surface area (Å²) in [6.45, 7) is 2.22. The van der Waals surface area contributed by atoms with Gasteiger partial charge < -0.3 is 4.74 Å². The van der Waals surface area contributed by atoms with Crippen LogP contribution in [0.5, 0.6) is 0 Å². The molecule has 0 atom stereocenters. The van der Waals surface area contributed by atoms with Crippen LogP contribution in [0.2, 0.25) is 0 Å². The summed E-state index contributed by atoms with van der Waals surface area (Å²) in [6, 6.07) is 0. The van der Waals surface area contributed by atoms with E-state index in [0.29, 0.717) is 11.6 Å². The van der Waals surface area contributed by atoms with Crippen LogP contribution in [0.25, 0.3) is 0 Å². The fourth-order valence-electron chi connectivity index (χ4n) is 0.798. The van der Waals surface area contributed by atoms with Gasteiger partial charge in [0.1, 0.15) is 0 Å². The average Bonchev–Trinajstić information content (AvgIpc) is 2.67. The molecule has 1 saturated carbocycles. The topological polar surface area (TPSA) is 26.3 Å². The predicted octanol–water partition coefficient (Wildman–Crippen LogP) is 2.23. The number of hydrogen-bond donors (Lipinski definition) is 0. The number of carbonyl (C=O) groups excluding carboxylic acids is 1. The largest absolute Gasteiger partial charge is 0.466 e. The Morgan fingerprint density at radius 3 is 2.73 bits per heavy atom. The van der Waals surface area contributed by atoms with Gasteiger partial charge in [0, 0.05) is 5.03 Å². The summed E-state index contributed by atoms with van der Waals surface area (Å²) >= 11 is 5.79. The molecule has 1 fully saturated rings. The van der Waals surface area contributed by atoms with E-state index in [1.54, 1.807) is 6.92 Å². The first kappa shape index (κ1) is 8.60. The second kappa shape index (κ2) is 3.77. The Morgan fingerprint density at radius 1 is 1.64 bits per heavy atom. The molecule has 1 aliphatic rings. The Hall–Kier alpha value is -0.500. The van der Waals surface area contributed by atoms with E-state index in [4.69, 9.17) is 16.3 Å². The van der Waals surface area contributed by atoms with Gasteiger partial charge in [0.2, 0.25) is 0 Å². The smallest absolute Gasteiger partial charge is 0.311 e. The highest BCUT2D eigenvalue weighted by Gasteiger charge is 2.18. The summed E-state index contributed by atoms with van der Waals surface area (Å²) in [4.78, 5) is 10.8. The molecule has 3 heteroatoms. The molecule has 0 heterocycles. The van der Waals surface area contributed by atoms with Crippen LogP contribution in [0, 0.1) is 0 Å². The van der Waals surface area contributed by atoms with Crippen LogP contribution in [0.4, 0.5) is 0 Å². The fraction of sp³-hybridized carbons (Fsp3) is 0.625. The van der Waals surface area contributed by atoms with Crippen molar-refractivity contribution in [3.63, 3.8) is 0 Å². The van der Waals surface area contributed by atoms with Crippen LogP contribution in [0.15, 0.2) is 10.6 Å². The Balaban J connectivity index is 2.30. The number of ether oxygens (including phenoxy) is 1. The molecule has 0 aromatic carbocycles. The lowest BCUT2D eigenvalue weighted by Crippen LogP contribution is -2.03. The van der Waals surface area contributed by atoms with E-state index in [2.05, 4.69) is 0 Å². The minimum Gasteiger partial charge on any atom is -0.466 e. The quantitative estimate of drug-likeness (QED) is 0.614. The lowest BCUT2D eigenvalue weighted by atomic mass is 10.3. The Labute approximate surface area is 71.2 Å². The monoisotopic (exact) mass is 174 g/mol. The summed E-state index contributed by atoms with van der Waals surface area (Å²) in [5, 5.41) is 0.684. The molecule has 11 heavy (non-hydrogen) atoms. The minimum atomic E-state index is -0.225. The molecule has 0 aromatic rings. The van der Waals surface area contributed by atoms with Gasteiger partial charge in [-0.25, -0.2) is 0 Å². The van der Waals surface area contributed by atoms with Crippen molar-refractivity contribution in [1.29, 1.82) is 0 Å². The molecular weight excluding hydrogens is 164 g/mol. The maximum absolute atomic E-state index is 10.8. The van der Waals surface area contributed by atoms with Crippen molar-refractivity contribution in [1.82, 2.24) is 0 Å². The molecule has 2 nitrogen and oxygen atoms in total. The standard InChI is InChI=1S/C8H11ClO2/c1-2-11-8(10)5-7(9)6-3-4-6/h2-5H2,1H3. The second-order valence-electron chi connectivity index (χ2n) is 2.49. The Morgan fingerprint density at radius 2 is 2.27 bits per heavy atom. The van der Waals surface area contributed by atoms with E-state index in [-0.39, 0.29) is 12.4 Å². The van der Waals surface area contributed by atoms with Gasteiger partial charge in [0.15, 0.2) is 0 Å². The van der Waals surface area contributed by atoms with E-state index >= 15 is 0 Å². The van der Waals surface area contributed by atoms with Crippen LogP contribution < -0.4 is 0 Å². The molecule has 0 amide bonds. The van der Waals surface area contributed by atoms with Gasteiger partial charge in [-0.3, -0.25) is 4.79 Å². The average molecular weight is 175 g/mol. The van der Waals surface area contributed by atoms with Crippen molar-refractivity contribution in [2.75, 3.05) is 6.61 Å². The van der Waals surface area contributed by atoms with Crippen LogP contribution in [0.3, 0.4) is 0 Å². The molecule has 0 radical (unpaired) electrons. The summed E-state index contributed by atoms with van der Waals surface area (Å²) < 4.78 is 4.73. The van der Waals surface area contributed by atoms with E-state index in [1.165, 1.54) is 5.57 Å². The van der Waals surface area contributed by atoms with Crippen LogP contribution in [0.1, 0.15) is 26.2 Å². The van der Waals surface area contributed by atoms with Crippen molar-refractivity contribution < 1.29 is 9.53 Å². The van der Waals surface area contributed by atoms with E-state index in [1.807, 2.05) is 0 Å². The summed E-state index contributed by atoms with van der Waals surface area (Å²) in [5.74, 6) is -0.225. The van der Waals surface area contributed by atoms with Crippen molar-refractivity contribution in [2.45, 2.75) is 26.2 Å². The van der Waals surface area contributed by atoms with Crippen molar-refractivity contribution in [3.05, 3.63) is 10.6 Å². The number of rotatable bonds is 3. The summed E-state index contributed by atoms with van der Waals surface area (Å²) in [6.07, 6.45) is 2.36. The van der Waals surface area contributed by atoms with E-state index < -0.39 is 0 Å². The Bertz CT molecular complexity index is 190. The second-order valence-corrected chi connectivity index (χ2v) is 2.95. The zero-order chi connectivity index (χ0) is 8.27. The SMILES string of the molecule is CCOC(=O)CC(Cl)=C1CC1. The fourth-order valence-corrected chi connectivity index (χ4v) is 1.10. The molecule has 0 unspecified atom stereocenters. The van der Waals surface area contributed by atoms with Crippen LogP contribution in [-0.4, -0.2) is 12.6 Å². The molecule has 0 bridgehead atoms. The minimum absolute atomic E-state index is 0.225. The summed E-state index contributed by atoms with van der Waals surface area (Å²) in [7, 11) is 0. The normalized spacial score (nSPS) is 14.5. The first-order valence-electron chi connectivity index (χ1n) is 3.76. The molecule has 0 aliphatic heterocycles. The number of hydrogen-bond acceptors (Lipinski definition) is 2. The third kappa shape index (κ3) is 2.93. The molecule has 0 saturated heterocycles. The number of carbonyl (C=O) groups is 1. The van der Waals surface area contributed by atoms with Crippen molar-refractivity contribution in [2.24, 2.45) is 0 Å². The van der Waals surface area contributed by atoms with E-state index in [0.717, 1.165) is 12.8 Å². The molecule has 0 spiro atoms. The zero-order valence-corrected chi connectivity index (χ0v) is 7.28. The number of allylic oxidation sites excluding steroid dienone is 1. The number of esters is 1. The van der Waals surface area contributed by atoms with Gasteiger partial charge in [-0.05, 0) is 19.8 Å². The zero-order valence-electron chi connectivity index (χ0n) is 6.52. The van der Waals surface area contributed by atoms with Crippen molar-refractivity contribution in [3.8, 4) is 0 Å². The van der Waals surface area contributed by atoms with Gasteiger partial charge >= 0.3 is 5.97 Å². The maximum Gasteiger partial charge on any atom is 0.311 e. The van der Waals surface area contributed by atoms with Gasteiger partial charge in [-0.15, -0.1) is 0 Å².